The number of hydrogen-bond acceptors (Lipinski definition) is 3. The van der Waals surface area contributed by atoms with Crippen LogP contribution in [0.3, 0.4) is 0 Å². The lowest BCUT2D eigenvalue weighted by molar-refractivity contribution is 0.475. The van der Waals surface area contributed by atoms with Gasteiger partial charge in [-0.15, -0.1) is 0 Å². The second kappa shape index (κ2) is 8.41. The van der Waals surface area contributed by atoms with Crippen LogP contribution in [0.2, 0.25) is 0 Å². The van der Waals surface area contributed by atoms with Crippen molar-refractivity contribution in [3.05, 3.63) is 107 Å². The fourth-order valence-electron chi connectivity index (χ4n) is 4.20. The summed E-state index contributed by atoms with van der Waals surface area (Å²) in [5, 5.41) is 13.9. The maximum atomic E-state index is 9.74. The molecule has 0 unspecified atom stereocenters. The Labute approximate surface area is 200 Å². The van der Waals surface area contributed by atoms with Crippen molar-refractivity contribution in [3.63, 3.8) is 0 Å². The first kappa shape index (κ1) is 20.7. The van der Waals surface area contributed by atoms with Gasteiger partial charge in [0.1, 0.15) is 11.8 Å². The van der Waals surface area contributed by atoms with Gasteiger partial charge in [-0.1, -0.05) is 22.0 Å². The molecule has 3 heterocycles. The number of nitrogens with zero attached hydrogens (tertiary/aromatic N) is 3. The number of pyridine rings is 1. The molecule has 1 fully saturated rings. The van der Waals surface area contributed by atoms with Gasteiger partial charge in [0.15, 0.2) is 5.11 Å². The highest BCUT2D eigenvalue weighted by Gasteiger charge is 2.42. The third kappa shape index (κ3) is 3.67. The van der Waals surface area contributed by atoms with Gasteiger partial charge >= 0.3 is 0 Å². The summed E-state index contributed by atoms with van der Waals surface area (Å²) >= 11 is 9.44. The molecule has 2 aromatic heterocycles. The summed E-state index contributed by atoms with van der Waals surface area (Å²) < 4.78 is 3.19. The zero-order valence-corrected chi connectivity index (χ0v) is 19.7. The first-order valence-corrected chi connectivity index (χ1v) is 11.5. The van der Waals surface area contributed by atoms with E-state index in [-0.39, 0.29) is 17.8 Å². The summed E-state index contributed by atoms with van der Waals surface area (Å²) in [5.41, 5.74) is 5.12. The summed E-state index contributed by atoms with van der Waals surface area (Å²) in [5.74, 6) is 0.240. The van der Waals surface area contributed by atoms with Crippen LogP contribution >= 0.6 is 28.1 Å². The van der Waals surface area contributed by atoms with E-state index in [2.05, 4.69) is 66.9 Å². The zero-order valence-electron chi connectivity index (χ0n) is 17.3. The SMILES string of the molecule is Cc1cc(N2C(=S)N[C@H](c3ccccn3)[C@H]2c2cccn2-c2ccc(O)cc2)ccc1Br. The highest BCUT2D eigenvalue weighted by Crippen LogP contribution is 2.42. The Hall–Kier alpha value is -3.16. The normalized spacial score (nSPS) is 18.1. The number of aromatic nitrogens is 2. The van der Waals surface area contributed by atoms with E-state index >= 15 is 0 Å². The van der Waals surface area contributed by atoms with E-state index in [1.807, 2.05) is 48.8 Å². The van der Waals surface area contributed by atoms with Crippen molar-refractivity contribution in [1.29, 1.82) is 0 Å². The van der Waals surface area contributed by atoms with E-state index < -0.39 is 0 Å². The van der Waals surface area contributed by atoms with Crippen molar-refractivity contribution >= 4 is 38.9 Å². The fourth-order valence-corrected chi connectivity index (χ4v) is 4.79. The van der Waals surface area contributed by atoms with Crippen LogP contribution in [0.25, 0.3) is 5.69 Å². The first-order valence-electron chi connectivity index (χ1n) is 10.3. The first-order chi connectivity index (χ1) is 15.5. The van der Waals surface area contributed by atoms with Gasteiger partial charge in [-0.05, 0) is 91.4 Å². The second-order valence-corrected chi connectivity index (χ2v) is 8.99. The molecule has 4 aromatic rings. The molecule has 1 aliphatic heterocycles. The van der Waals surface area contributed by atoms with Crippen molar-refractivity contribution in [2.75, 3.05) is 4.90 Å². The number of benzene rings is 2. The number of halogens is 1. The third-order valence-electron chi connectivity index (χ3n) is 5.73. The van der Waals surface area contributed by atoms with Crippen molar-refractivity contribution in [2.24, 2.45) is 0 Å². The molecular weight excluding hydrogens is 484 g/mol. The molecule has 0 aliphatic carbocycles. The van der Waals surface area contributed by atoms with Gasteiger partial charge in [0, 0.05) is 33.9 Å². The molecule has 0 bridgehead atoms. The maximum absolute atomic E-state index is 9.74. The minimum absolute atomic E-state index is 0.123. The minimum Gasteiger partial charge on any atom is -0.508 e. The van der Waals surface area contributed by atoms with Crippen LogP contribution in [0.5, 0.6) is 5.75 Å². The standard InChI is InChI=1S/C25H21BrN4OS/c1-16-15-18(9-12-20(16)26)30-24(23(28-25(30)32)21-5-2-3-13-27-21)22-6-4-14-29(22)17-7-10-19(31)11-8-17/h2-15,23-24,31H,1H3,(H,28,32)/t23-,24-/m1/s1. The van der Waals surface area contributed by atoms with E-state index in [4.69, 9.17) is 12.2 Å². The van der Waals surface area contributed by atoms with E-state index in [1.165, 1.54) is 0 Å². The van der Waals surface area contributed by atoms with E-state index in [9.17, 15) is 5.11 Å². The highest BCUT2D eigenvalue weighted by atomic mass is 79.9. The molecule has 160 valence electrons. The largest absolute Gasteiger partial charge is 0.508 e. The molecule has 32 heavy (non-hydrogen) atoms. The molecule has 2 N–H and O–H groups in total. The van der Waals surface area contributed by atoms with Crippen molar-refractivity contribution in [1.82, 2.24) is 14.9 Å². The van der Waals surface area contributed by atoms with Crippen LogP contribution in [-0.2, 0) is 0 Å². The average Bonchev–Trinajstić information content (AvgIpc) is 3.41. The number of hydrogen-bond donors (Lipinski definition) is 2. The molecule has 0 saturated carbocycles. The molecule has 0 amide bonds. The Morgan fingerprint density at radius 3 is 2.50 bits per heavy atom. The summed E-state index contributed by atoms with van der Waals surface area (Å²) in [4.78, 5) is 6.80. The number of aromatic hydroxyl groups is 1. The average molecular weight is 505 g/mol. The monoisotopic (exact) mass is 504 g/mol. The predicted molar refractivity (Wildman–Crippen MR) is 134 cm³/mol. The Morgan fingerprint density at radius 2 is 1.78 bits per heavy atom. The predicted octanol–water partition coefficient (Wildman–Crippen LogP) is 5.83. The van der Waals surface area contributed by atoms with Crippen LogP contribution in [0, 0.1) is 6.92 Å². The number of rotatable bonds is 4. The highest BCUT2D eigenvalue weighted by molar-refractivity contribution is 9.10. The van der Waals surface area contributed by atoms with Gasteiger partial charge < -0.3 is 19.9 Å². The lowest BCUT2D eigenvalue weighted by Gasteiger charge is -2.29. The van der Waals surface area contributed by atoms with Crippen LogP contribution in [-0.4, -0.2) is 19.8 Å². The van der Waals surface area contributed by atoms with E-state index in [0.29, 0.717) is 5.11 Å². The number of nitrogens with one attached hydrogen (secondary N) is 1. The summed E-state index contributed by atoms with van der Waals surface area (Å²) in [7, 11) is 0. The quantitative estimate of drug-likeness (QED) is 0.342. The van der Waals surface area contributed by atoms with Crippen molar-refractivity contribution in [3.8, 4) is 11.4 Å². The van der Waals surface area contributed by atoms with Crippen LogP contribution in [0.4, 0.5) is 5.69 Å². The maximum Gasteiger partial charge on any atom is 0.174 e. The molecule has 5 nitrogen and oxygen atoms in total. The van der Waals surface area contributed by atoms with Gasteiger partial charge in [0.25, 0.3) is 0 Å². The molecular formula is C25H21BrN4OS. The minimum atomic E-state index is -0.126. The van der Waals surface area contributed by atoms with Gasteiger partial charge in [0.05, 0.1) is 11.7 Å². The zero-order chi connectivity index (χ0) is 22.2. The number of phenols is 1. The Bertz CT molecular complexity index is 1270. The summed E-state index contributed by atoms with van der Waals surface area (Å²) in [6, 6.07) is 23.3. The fraction of sp³-hybridized carbons (Fsp3) is 0.120. The number of anilines is 1. The smallest absolute Gasteiger partial charge is 0.174 e. The summed E-state index contributed by atoms with van der Waals surface area (Å²) in [6.45, 7) is 2.07. The van der Waals surface area contributed by atoms with Gasteiger partial charge in [-0.2, -0.15) is 0 Å². The van der Waals surface area contributed by atoms with E-state index in [0.717, 1.165) is 32.8 Å². The Kier molecular flexibility index (Phi) is 5.45. The van der Waals surface area contributed by atoms with Gasteiger partial charge in [-0.3, -0.25) is 4.98 Å². The molecule has 2 aromatic carbocycles. The van der Waals surface area contributed by atoms with Crippen LogP contribution < -0.4 is 10.2 Å². The molecule has 5 rings (SSSR count). The molecule has 7 heteroatoms. The molecule has 0 radical (unpaired) electrons. The van der Waals surface area contributed by atoms with Crippen molar-refractivity contribution < 1.29 is 5.11 Å². The Morgan fingerprint density at radius 1 is 1.00 bits per heavy atom. The second-order valence-electron chi connectivity index (χ2n) is 7.75. The summed E-state index contributed by atoms with van der Waals surface area (Å²) in [6.07, 6.45) is 3.84. The third-order valence-corrected chi connectivity index (χ3v) is 6.93. The molecule has 1 saturated heterocycles. The molecule has 0 spiro atoms. The molecule has 2 atom stereocenters. The van der Waals surface area contributed by atoms with Gasteiger partial charge in [-0.25, -0.2) is 0 Å². The Balaban J connectivity index is 1.67. The number of aryl methyl sites for hydroxylation is 1. The number of phenolic OH excluding ortho intramolecular Hbond substituents is 1. The van der Waals surface area contributed by atoms with Gasteiger partial charge in [0.2, 0.25) is 0 Å². The molecule has 1 aliphatic rings. The topological polar surface area (TPSA) is 53.3 Å². The van der Waals surface area contributed by atoms with Crippen molar-refractivity contribution in [2.45, 2.75) is 19.0 Å². The number of thiocarbonyl (C=S) groups is 1. The van der Waals surface area contributed by atoms with E-state index in [1.54, 1.807) is 12.1 Å². The lowest BCUT2D eigenvalue weighted by Crippen LogP contribution is -2.30. The van der Waals surface area contributed by atoms with Crippen LogP contribution in [0.1, 0.15) is 29.0 Å². The van der Waals surface area contributed by atoms with Crippen LogP contribution in [0.15, 0.2) is 89.7 Å². The lowest BCUT2D eigenvalue weighted by atomic mass is 10.0.